The van der Waals surface area contributed by atoms with Crippen LogP contribution in [0.3, 0.4) is 0 Å². The van der Waals surface area contributed by atoms with Crippen molar-refractivity contribution < 1.29 is 18.4 Å². The summed E-state index contributed by atoms with van der Waals surface area (Å²) in [7, 11) is 1.49. The Bertz CT molecular complexity index is 281. The van der Waals surface area contributed by atoms with Gasteiger partial charge in [0, 0.05) is 6.54 Å². The van der Waals surface area contributed by atoms with E-state index in [1.807, 2.05) is 0 Å². The van der Waals surface area contributed by atoms with Gasteiger partial charge in [-0.3, -0.25) is 0 Å². The normalized spacial score (nSPS) is 10.6. The molecule has 78 valence electrons. The highest BCUT2D eigenvalue weighted by molar-refractivity contribution is 5.28. The fraction of sp³-hybridized carbons (Fsp3) is 0.333. The number of rotatable bonds is 5. The number of ether oxygens (including phenoxy) is 1. The molecule has 0 fully saturated rings. The molecule has 0 aliphatic heterocycles. The lowest BCUT2D eigenvalue weighted by molar-refractivity contribution is -0.0499. The maximum Gasteiger partial charge on any atom is 0.387 e. The molecule has 1 rings (SSSR count). The summed E-state index contributed by atoms with van der Waals surface area (Å²) in [6.45, 7) is -2.35. The van der Waals surface area contributed by atoms with Gasteiger partial charge in [0.25, 0.3) is 0 Å². The SMILES string of the molecule is CONCc1cccc(OC(F)F)c1. The van der Waals surface area contributed by atoms with Crippen LogP contribution in [-0.4, -0.2) is 13.7 Å². The Morgan fingerprint density at radius 1 is 1.43 bits per heavy atom. The molecule has 0 atom stereocenters. The van der Waals surface area contributed by atoms with E-state index in [1.165, 1.54) is 19.2 Å². The molecule has 3 nitrogen and oxygen atoms in total. The van der Waals surface area contributed by atoms with E-state index in [0.717, 1.165) is 5.56 Å². The third-order valence-electron chi connectivity index (χ3n) is 1.54. The number of hydroxylamine groups is 1. The van der Waals surface area contributed by atoms with E-state index >= 15 is 0 Å². The van der Waals surface area contributed by atoms with E-state index in [9.17, 15) is 8.78 Å². The molecule has 0 radical (unpaired) electrons. The van der Waals surface area contributed by atoms with Gasteiger partial charge in [-0.1, -0.05) is 12.1 Å². The van der Waals surface area contributed by atoms with Crippen LogP contribution in [0.15, 0.2) is 24.3 Å². The van der Waals surface area contributed by atoms with Gasteiger partial charge in [0.05, 0.1) is 7.11 Å². The van der Waals surface area contributed by atoms with Crippen LogP contribution in [0.2, 0.25) is 0 Å². The summed E-state index contributed by atoms with van der Waals surface area (Å²) >= 11 is 0. The first-order valence-corrected chi connectivity index (χ1v) is 4.02. The van der Waals surface area contributed by atoms with Gasteiger partial charge in [-0.25, -0.2) is 0 Å². The second-order valence-electron chi connectivity index (χ2n) is 2.55. The maximum absolute atomic E-state index is 11.8. The van der Waals surface area contributed by atoms with Crippen LogP contribution in [0, 0.1) is 0 Å². The minimum atomic E-state index is -2.79. The Labute approximate surface area is 80.6 Å². The van der Waals surface area contributed by atoms with Crippen LogP contribution in [0.5, 0.6) is 5.75 Å². The molecule has 0 spiro atoms. The zero-order valence-corrected chi connectivity index (χ0v) is 7.67. The molecule has 0 aliphatic rings. The number of nitrogens with one attached hydrogen (secondary N) is 1. The molecule has 0 saturated heterocycles. The highest BCUT2D eigenvalue weighted by atomic mass is 19.3. The van der Waals surface area contributed by atoms with Gasteiger partial charge in [-0.2, -0.15) is 14.3 Å². The first kappa shape index (κ1) is 10.9. The van der Waals surface area contributed by atoms with Crippen molar-refractivity contribution >= 4 is 0 Å². The van der Waals surface area contributed by atoms with Crippen molar-refractivity contribution in [2.45, 2.75) is 13.2 Å². The van der Waals surface area contributed by atoms with Crippen LogP contribution >= 0.6 is 0 Å². The summed E-state index contributed by atoms with van der Waals surface area (Å²) < 4.78 is 27.9. The Morgan fingerprint density at radius 2 is 2.21 bits per heavy atom. The lowest BCUT2D eigenvalue weighted by atomic mass is 10.2. The number of alkyl halides is 2. The lowest BCUT2D eigenvalue weighted by Gasteiger charge is -2.06. The molecular formula is C9H11F2NO2. The molecule has 5 heteroatoms. The van der Waals surface area contributed by atoms with Crippen molar-refractivity contribution in [1.29, 1.82) is 0 Å². The van der Waals surface area contributed by atoms with Crippen molar-refractivity contribution in [3.63, 3.8) is 0 Å². The highest BCUT2D eigenvalue weighted by Gasteiger charge is 2.03. The van der Waals surface area contributed by atoms with Gasteiger partial charge in [0.15, 0.2) is 0 Å². The van der Waals surface area contributed by atoms with Crippen molar-refractivity contribution in [2.75, 3.05) is 7.11 Å². The molecule has 0 unspecified atom stereocenters. The maximum atomic E-state index is 11.8. The van der Waals surface area contributed by atoms with Crippen molar-refractivity contribution in [2.24, 2.45) is 0 Å². The fourth-order valence-corrected chi connectivity index (χ4v) is 0.987. The molecule has 14 heavy (non-hydrogen) atoms. The van der Waals surface area contributed by atoms with E-state index in [4.69, 9.17) is 0 Å². The quantitative estimate of drug-likeness (QED) is 0.742. The van der Waals surface area contributed by atoms with E-state index in [1.54, 1.807) is 12.1 Å². The van der Waals surface area contributed by atoms with Gasteiger partial charge in [-0.15, -0.1) is 0 Å². The van der Waals surface area contributed by atoms with Gasteiger partial charge < -0.3 is 9.57 Å². The summed E-state index contributed by atoms with van der Waals surface area (Å²) in [5.74, 6) is 0.149. The monoisotopic (exact) mass is 203 g/mol. The number of hydrogen-bond acceptors (Lipinski definition) is 3. The Balaban J connectivity index is 2.59. The molecular weight excluding hydrogens is 192 g/mol. The third kappa shape index (κ3) is 3.68. The molecule has 1 N–H and O–H groups in total. The Morgan fingerprint density at radius 3 is 2.86 bits per heavy atom. The number of halogens is 2. The second kappa shape index (κ2) is 5.51. The van der Waals surface area contributed by atoms with Gasteiger partial charge in [0.2, 0.25) is 0 Å². The number of hydrogen-bond donors (Lipinski definition) is 1. The largest absolute Gasteiger partial charge is 0.435 e. The van der Waals surface area contributed by atoms with Crippen molar-refractivity contribution in [3.8, 4) is 5.75 Å². The van der Waals surface area contributed by atoms with Crippen molar-refractivity contribution in [1.82, 2.24) is 5.48 Å². The van der Waals surface area contributed by atoms with E-state index in [0.29, 0.717) is 6.54 Å². The lowest BCUT2D eigenvalue weighted by Crippen LogP contribution is -2.11. The fourth-order valence-electron chi connectivity index (χ4n) is 0.987. The summed E-state index contributed by atoms with van der Waals surface area (Å²) in [5.41, 5.74) is 3.41. The average molecular weight is 203 g/mol. The molecule has 0 aliphatic carbocycles. The topological polar surface area (TPSA) is 30.5 Å². The molecule has 0 heterocycles. The van der Waals surface area contributed by atoms with Crippen LogP contribution < -0.4 is 10.2 Å². The van der Waals surface area contributed by atoms with Gasteiger partial charge >= 0.3 is 6.61 Å². The van der Waals surface area contributed by atoms with Gasteiger partial charge in [0.1, 0.15) is 5.75 Å². The highest BCUT2D eigenvalue weighted by Crippen LogP contribution is 2.15. The zero-order chi connectivity index (χ0) is 10.4. The minimum absolute atomic E-state index is 0.149. The van der Waals surface area contributed by atoms with E-state index in [2.05, 4.69) is 15.1 Å². The van der Waals surface area contributed by atoms with Crippen LogP contribution in [0.4, 0.5) is 8.78 Å². The van der Waals surface area contributed by atoms with Gasteiger partial charge in [-0.05, 0) is 17.7 Å². The number of benzene rings is 1. The average Bonchev–Trinajstić information content (AvgIpc) is 2.14. The third-order valence-corrected chi connectivity index (χ3v) is 1.54. The molecule has 0 amide bonds. The molecule has 1 aromatic rings. The first-order valence-electron chi connectivity index (χ1n) is 4.02. The smallest absolute Gasteiger partial charge is 0.387 e. The molecule has 1 aromatic carbocycles. The minimum Gasteiger partial charge on any atom is -0.435 e. The van der Waals surface area contributed by atoms with Crippen LogP contribution in [0.25, 0.3) is 0 Å². The van der Waals surface area contributed by atoms with E-state index < -0.39 is 6.61 Å². The van der Waals surface area contributed by atoms with Crippen LogP contribution in [-0.2, 0) is 11.4 Å². The Kier molecular flexibility index (Phi) is 4.28. The van der Waals surface area contributed by atoms with Crippen LogP contribution in [0.1, 0.15) is 5.56 Å². The summed E-state index contributed by atoms with van der Waals surface area (Å²) in [4.78, 5) is 4.63. The zero-order valence-electron chi connectivity index (χ0n) is 7.67. The molecule has 0 bridgehead atoms. The van der Waals surface area contributed by atoms with Crippen molar-refractivity contribution in [3.05, 3.63) is 29.8 Å². The summed E-state index contributed by atoms with van der Waals surface area (Å²) in [5, 5.41) is 0. The molecule has 0 aromatic heterocycles. The standard InChI is InChI=1S/C9H11F2NO2/c1-13-12-6-7-3-2-4-8(5-7)14-9(10)11/h2-5,9,12H,6H2,1H3. The van der Waals surface area contributed by atoms with E-state index in [-0.39, 0.29) is 5.75 Å². The Hall–Kier alpha value is -1.20. The second-order valence-corrected chi connectivity index (χ2v) is 2.55. The molecule has 0 saturated carbocycles. The summed E-state index contributed by atoms with van der Waals surface area (Å²) in [6, 6.07) is 6.43. The summed E-state index contributed by atoms with van der Waals surface area (Å²) in [6.07, 6.45) is 0. The predicted octanol–water partition coefficient (Wildman–Crippen LogP) is 1.94. The predicted molar refractivity (Wildman–Crippen MR) is 46.9 cm³/mol. The first-order chi connectivity index (χ1) is 6.72.